The van der Waals surface area contributed by atoms with Crippen LogP contribution in [-0.4, -0.2) is 11.2 Å². The highest BCUT2D eigenvalue weighted by Gasteiger charge is 2.09. The first-order valence-corrected chi connectivity index (χ1v) is 9.09. The highest BCUT2D eigenvalue weighted by Crippen LogP contribution is 2.27. The second-order valence-corrected chi connectivity index (χ2v) is 6.79. The monoisotopic (exact) mass is 420 g/mol. The summed E-state index contributed by atoms with van der Waals surface area (Å²) in [6.45, 7) is 0. The summed E-state index contributed by atoms with van der Waals surface area (Å²) in [7, 11) is 0. The number of aromatic nitrogens is 1. The first-order chi connectivity index (χ1) is 13.2. The van der Waals surface area contributed by atoms with E-state index in [0.717, 1.165) is 15.7 Å². The molecule has 0 unspecified atom stereocenters. The van der Waals surface area contributed by atoms with Crippen LogP contribution in [-0.2, 0) is 0 Å². The van der Waals surface area contributed by atoms with E-state index in [2.05, 4.69) is 25.9 Å². The maximum Gasteiger partial charge on any atom is 0.227 e. The molecule has 0 atom stereocenters. The Morgan fingerprint density at radius 3 is 2.74 bits per heavy atom. The van der Waals surface area contributed by atoms with Crippen molar-refractivity contribution in [2.45, 2.75) is 0 Å². The van der Waals surface area contributed by atoms with Crippen molar-refractivity contribution in [3.05, 3.63) is 88.7 Å². The summed E-state index contributed by atoms with van der Waals surface area (Å²) in [6.07, 6.45) is 5.59. The summed E-state index contributed by atoms with van der Waals surface area (Å²) in [5.41, 5.74) is 3.77. The summed E-state index contributed by atoms with van der Waals surface area (Å²) in [5.74, 6) is 0.0671. The van der Waals surface area contributed by atoms with Gasteiger partial charge in [-0.2, -0.15) is 0 Å². The van der Waals surface area contributed by atoms with Crippen LogP contribution < -0.4 is 0 Å². The third kappa shape index (κ3) is 4.20. The molecule has 27 heavy (non-hydrogen) atoms. The zero-order valence-corrected chi connectivity index (χ0v) is 15.7. The van der Waals surface area contributed by atoms with Gasteiger partial charge in [-0.25, -0.2) is 9.37 Å². The number of oxazole rings is 1. The van der Waals surface area contributed by atoms with Crippen molar-refractivity contribution < 1.29 is 8.81 Å². The third-order valence-electron chi connectivity index (χ3n) is 3.89. The van der Waals surface area contributed by atoms with Gasteiger partial charge in [-0.05, 0) is 60.2 Å². The molecule has 4 rings (SSSR count). The Morgan fingerprint density at radius 1 is 1.00 bits per heavy atom. The maximum absolute atomic E-state index is 13.4. The van der Waals surface area contributed by atoms with Gasteiger partial charge in [-0.1, -0.05) is 40.2 Å². The minimum atomic E-state index is -0.322. The van der Waals surface area contributed by atoms with Gasteiger partial charge in [0.25, 0.3) is 0 Å². The van der Waals surface area contributed by atoms with Crippen molar-refractivity contribution in [3.63, 3.8) is 0 Å². The zero-order chi connectivity index (χ0) is 18.6. The fourth-order valence-electron chi connectivity index (χ4n) is 2.63. The van der Waals surface area contributed by atoms with Gasteiger partial charge in [0.1, 0.15) is 11.3 Å². The molecule has 132 valence electrons. The molecular weight excluding hydrogens is 407 g/mol. The molecule has 3 nitrogen and oxygen atoms in total. The van der Waals surface area contributed by atoms with E-state index in [1.54, 1.807) is 18.3 Å². The molecule has 3 aromatic carbocycles. The van der Waals surface area contributed by atoms with Crippen LogP contribution >= 0.6 is 15.9 Å². The number of hydrogen-bond acceptors (Lipinski definition) is 3. The third-order valence-corrected chi connectivity index (χ3v) is 4.38. The van der Waals surface area contributed by atoms with Crippen molar-refractivity contribution in [1.82, 2.24) is 4.98 Å². The van der Waals surface area contributed by atoms with Crippen LogP contribution in [0.4, 0.5) is 10.1 Å². The van der Waals surface area contributed by atoms with Crippen LogP contribution in [0.2, 0.25) is 0 Å². The smallest absolute Gasteiger partial charge is 0.227 e. The topological polar surface area (TPSA) is 38.4 Å². The van der Waals surface area contributed by atoms with E-state index < -0.39 is 0 Å². The SMILES string of the molecule is Fc1cccc(-c2nc3cc(N=C/C=C/c4cccc(Br)c4)ccc3o2)c1. The first kappa shape index (κ1) is 17.4. The highest BCUT2D eigenvalue weighted by atomic mass is 79.9. The molecule has 0 aliphatic rings. The normalized spacial score (nSPS) is 11.8. The number of allylic oxidation sites excluding steroid dienone is 1. The molecule has 1 aromatic heterocycles. The molecule has 0 radical (unpaired) electrons. The van der Waals surface area contributed by atoms with E-state index >= 15 is 0 Å². The van der Waals surface area contributed by atoms with Crippen molar-refractivity contribution in [2.75, 3.05) is 0 Å². The lowest BCUT2D eigenvalue weighted by molar-refractivity contribution is 0.611. The van der Waals surface area contributed by atoms with E-state index in [9.17, 15) is 4.39 Å². The minimum Gasteiger partial charge on any atom is -0.436 e. The summed E-state index contributed by atoms with van der Waals surface area (Å²) in [4.78, 5) is 8.86. The Bertz CT molecular complexity index is 1160. The summed E-state index contributed by atoms with van der Waals surface area (Å²) >= 11 is 3.45. The Balaban J connectivity index is 1.54. The summed E-state index contributed by atoms with van der Waals surface area (Å²) < 4.78 is 20.1. The second kappa shape index (κ2) is 7.68. The van der Waals surface area contributed by atoms with Gasteiger partial charge in [0.15, 0.2) is 5.58 Å². The maximum atomic E-state index is 13.4. The number of nitrogens with zero attached hydrogens (tertiary/aromatic N) is 2. The van der Waals surface area contributed by atoms with Gasteiger partial charge in [0.05, 0.1) is 5.69 Å². The molecule has 0 N–H and O–H groups in total. The Morgan fingerprint density at radius 2 is 1.89 bits per heavy atom. The first-order valence-electron chi connectivity index (χ1n) is 8.30. The van der Waals surface area contributed by atoms with E-state index in [1.807, 2.05) is 54.6 Å². The number of rotatable bonds is 4. The van der Waals surface area contributed by atoms with Crippen LogP contribution in [0.15, 0.2) is 86.7 Å². The van der Waals surface area contributed by atoms with E-state index in [0.29, 0.717) is 22.6 Å². The predicted molar refractivity (Wildman–Crippen MR) is 111 cm³/mol. The van der Waals surface area contributed by atoms with Crippen molar-refractivity contribution in [3.8, 4) is 11.5 Å². The standard InChI is InChI=1S/C22H14BrFN2O/c23-17-7-1-4-15(12-17)5-3-11-25-19-9-10-21-20(14-19)26-22(27-21)16-6-2-8-18(24)13-16/h1-14H/b5-3+,25-11?. The van der Waals surface area contributed by atoms with Crippen molar-refractivity contribution in [1.29, 1.82) is 0 Å². The largest absolute Gasteiger partial charge is 0.436 e. The van der Waals surface area contributed by atoms with E-state index in [1.165, 1.54) is 12.1 Å². The fraction of sp³-hybridized carbons (Fsp3) is 0. The Labute approximate surface area is 164 Å². The summed E-state index contributed by atoms with van der Waals surface area (Å²) in [6, 6.07) is 19.7. The lowest BCUT2D eigenvalue weighted by Crippen LogP contribution is -1.78. The van der Waals surface area contributed by atoms with Gasteiger partial charge in [0.2, 0.25) is 5.89 Å². The zero-order valence-electron chi connectivity index (χ0n) is 14.1. The lowest BCUT2D eigenvalue weighted by Gasteiger charge is -1.93. The van der Waals surface area contributed by atoms with Gasteiger partial charge >= 0.3 is 0 Å². The predicted octanol–water partition coefficient (Wildman–Crippen LogP) is 6.81. The number of halogens is 2. The molecule has 0 saturated heterocycles. The van der Waals surface area contributed by atoms with Gasteiger partial charge in [-0.3, -0.25) is 4.99 Å². The molecule has 0 bridgehead atoms. The number of benzene rings is 3. The lowest BCUT2D eigenvalue weighted by atomic mass is 10.2. The number of aliphatic imine (C=N–C) groups is 1. The van der Waals surface area contributed by atoms with Crippen LogP contribution in [0.25, 0.3) is 28.6 Å². The Hall–Kier alpha value is -3.05. The van der Waals surface area contributed by atoms with Crippen LogP contribution in [0, 0.1) is 5.82 Å². The Kier molecular flexibility index (Phi) is 4.94. The van der Waals surface area contributed by atoms with Gasteiger partial charge in [0, 0.05) is 16.3 Å². The molecule has 0 saturated carbocycles. The van der Waals surface area contributed by atoms with Crippen LogP contribution in [0.1, 0.15) is 5.56 Å². The molecule has 0 fully saturated rings. The summed E-state index contributed by atoms with van der Waals surface area (Å²) in [5, 5.41) is 0. The van der Waals surface area contributed by atoms with Crippen molar-refractivity contribution in [2.24, 2.45) is 4.99 Å². The molecule has 0 aliphatic carbocycles. The molecule has 0 aliphatic heterocycles. The molecule has 4 aromatic rings. The van der Waals surface area contributed by atoms with Crippen molar-refractivity contribution >= 4 is 45.0 Å². The van der Waals surface area contributed by atoms with Crippen LogP contribution in [0.3, 0.4) is 0 Å². The van der Waals surface area contributed by atoms with Crippen LogP contribution in [0.5, 0.6) is 0 Å². The molecule has 0 amide bonds. The number of fused-ring (bicyclic) bond motifs is 1. The molecule has 1 heterocycles. The average Bonchev–Trinajstić information content (AvgIpc) is 3.09. The quantitative estimate of drug-likeness (QED) is 0.340. The highest BCUT2D eigenvalue weighted by molar-refractivity contribution is 9.10. The van der Waals surface area contributed by atoms with Gasteiger partial charge in [-0.15, -0.1) is 0 Å². The van der Waals surface area contributed by atoms with Gasteiger partial charge < -0.3 is 4.42 Å². The van der Waals surface area contributed by atoms with E-state index in [-0.39, 0.29) is 5.82 Å². The van der Waals surface area contributed by atoms with E-state index in [4.69, 9.17) is 4.42 Å². The average molecular weight is 421 g/mol. The second-order valence-electron chi connectivity index (χ2n) is 5.87. The molecule has 0 spiro atoms. The minimum absolute atomic E-state index is 0.322. The fourth-order valence-corrected chi connectivity index (χ4v) is 3.05. The molecular formula is C22H14BrFN2O. The number of hydrogen-bond donors (Lipinski definition) is 0. The molecule has 5 heteroatoms.